The molecule has 1 aromatic heterocycles. The number of likely N-dealkylation sites (tertiary alicyclic amines) is 1. The summed E-state index contributed by atoms with van der Waals surface area (Å²) in [5.41, 5.74) is 3.07. The first-order chi connectivity index (χ1) is 16.8. The highest BCUT2D eigenvalue weighted by atomic mass is 35.5. The Morgan fingerprint density at radius 3 is 2.57 bits per heavy atom. The molecule has 3 heterocycles. The molecule has 5 rings (SSSR count). The lowest BCUT2D eigenvalue weighted by Gasteiger charge is -2.39. The molecule has 35 heavy (non-hydrogen) atoms. The molecule has 4 nitrogen and oxygen atoms in total. The summed E-state index contributed by atoms with van der Waals surface area (Å²) in [4.78, 5) is 21.0. The maximum absolute atomic E-state index is 13.7. The quantitative estimate of drug-likeness (QED) is 0.345. The van der Waals surface area contributed by atoms with Gasteiger partial charge in [0.15, 0.2) is 0 Å². The maximum Gasteiger partial charge on any atom is 0.258 e. The largest absolute Gasteiger partial charge is 0.307 e. The molecule has 0 radical (unpaired) electrons. The van der Waals surface area contributed by atoms with Crippen LogP contribution in [0, 0.1) is 5.95 Å². The van der Waals surface area contributed by atoms with E-state index in [1.165, 1.54) is 12.3 Å². The number of hydrogen-bond acceptors (Lipinski definition) is 3. The first-order valence-electron chi connectivity index (χ1n) is 11.4. The molecular formula is C27H23Cl3FN3O. The third-order valence-electron chi connectivity index (χ3n) is 6.93. The van der Waals surface area contributed by atoms with Crippen LogP contribution in [0.5, 0.6) is 0 Å². The highest BCUT2D eigenvalue weighted by Gasteiger charge is 2.46. The zero-order valence-electron chi connectivity index (χ0n) is 18.9. The van der Waals surface area contributed by atoms with Gasteiger partial charge in [-0.15, -0.1) is 0 Å². The predicted molar refractivity (Wildman–Crippen MR) is 140 cm³/mol. The number of benzene rings is 2. The lowest BCUT2D eigenvalue weighted by molar-refractivity contribution is 0.0977. The third kappa shape index (κ3) is 4.96. The lowest BCUT2D eigenvalue weighted by Crippen LogP contribution is -2.46. The molecule has 1 spiro atoms. The number of aromatic nitrogens is 1. The van der Waals surface area contributed by atoms with Crippen molar-refractivity contribution in [2.45, 2.75) is 18.3 Å². The number of halogens is 4. The molecule has 8 heteroatoms. The van der Waals surface area contributed by atoms with Crippen LogP contribution < -0.4 is 4.90 Å². The molecule has 0 aliphatic carbocycles. The molecule has 0 bridgehead atoms. The number of anilines is 1. The zero-order valence-corrected chi connectivity index (χ0v) is 21.1. The van der Waals surface area contributed by atoms with Crippen LogP contribution >= 0.6 is 34.8 Å². The summed E-state index contributed by atoms with van der Waals surface area (Å²) in [5, 5.41) is 1.74. The summed E-state index contributed by atoms with van der Waals surface area (Å²) in [6.45, 7) is 3.16. The normalized spacial score (nSPS) is 17.3. The minimum Gasteiger partial charge on any atom is -0.307 e. The number of rotatable bonds is 4. The molecule has 1 fully saturated rings. The van der Waals surface area contributed by atoms with Gasteiger partial charge in [0.05, 0.1) is 10.0 Å². The van der Waals surface area contributed by atoms with Gasteiger partial charge in [-0.25, -0.2) is 4.98 Å². The number of fused-ring (bicyclic) bond motifs is 2. The number of piperidine rings is 1. The highest BCUT2D eigenvalue weighted by molar-refractivity contribution is 6.42. The Hall–Kier alpha value is -2.44. The van der Waals surface area contributed by atoms with E-state index in [0.717, 1.165) is 49.3 Å². The van der Waals surface area contributed by atoms with Crippen molar-refractivity contribution in [1.82, 2.24) is 9.88 Å². The average molecular weight is 531 g/mol. The van der Waals surface area contributed by atoms with Crippen LogP contribution in [0.25, 0.3) is 6.08 Å². The molecule has 0 saturated carbocycles. The fourth-order valence-electron chi connectivity index (χ4n) is 5.06. The van der Waals surface area contributed by atoms with Gasteiger partial charge in [-0.1, -0.05) is 53.0 Å². The lowest BCUT2D eigenvalue weighted by atomic mass is 9.74. The van der Waals surface area contributed by atoms with E-state index in [1.54, 1.807) is 23.1 Å². The van der Waals surface area contributed by atoms with Crippen LogP contribution in [0.15, 0.2) is 60.8 Å². The van der Waals surface area contributed by atoms with E-state index in [1.807, 2.05) is 30.3 Å². The minimum absolute atomic E-state index is 0.175. The van der Waals surface area contributed by atoms with Crippen molar-refractivity contribution >= 4 is 52.5 Å². The van der Waals surface area contributed by atoms with E-state index >= 15 is 0 Å². The van der Waals surface area contributed by atoms with E-state index in [0.29, 0.717) is 27.2 Å². The van der Waals surface area contributed by atoms with E-state index in [2.05, 4.69) is 16.0 Å². The van der Waals surface area contributed by atoms with Crippen molar-refractivity contribution < 1.29 is 9.18 Å². The summed E-state index contributed by atoms with van der Waals surface area (Å²) in [6, 6.07) is 14.0. The maximum atomic E-state index is 13.7. The Bertz CT molecular complexity index is 1300. The number of nitrogens with zero attached hydrogens (tertiary/aromatic N) is 3. The molecule has 180 valence electrons. The van der Waals surface area contributed by atoms with Crippen LogP contribution in [-0.4, -0.2) is 42.0 Å². The average Bonchev–Trinajstić information content (AvgIpc) is 3.15. The summed E-state index contributed by atoms with van der Waals surface area (Å²) < 4.78 is 13.7. The number of pyridine rings is 1. The van der Waals surface area contributed by atoms with Crippen molar-refractivity contribution in [3.8, 4) is 0 Å². The van der Waals surface area contributed by atoms with E-state index in [-0.39, 0.29) is 11.3 Å². The Kier molecular flexibility index (Phi) is 6.86. The van der Waals surface area contributed by atoms with Gasteiger partial charge in [0.1, 0.15) is 0 Å². The second-order valence-electron chi connectivity index (χ2n) is 9.08. The zero-order chi connectivity index (χ0) is 24.6. The van der Waals surface area contributed by atoms with Gasteiger partial charge in [0.25, 0.3) is 5.91 Å². The van der Waals surface area contributed by atoms with Gasteiger partial charge in [-0.2, -0.15) is 4.39 Å². The van der Waals surface area contributed by atoms with Crippen LogP contribution in [0.1, 0.15) is 34.3 Å². The predicted octanol–water partition coefficient (Wildman–Crippen LogP) is 6.89. The van der Waals surface area contributed by atoms with Crippen molar-refractivity contribution in [1.29, 1.82) is 0 Å². The Labute approximate surface area is 218 Å². The van der Waals surface area contributed by atoms with E-state index in [4.69, 9.17) is 34.8 Å². The number of amides is 1. The molecule has 1 saturated heterocycles. The van der Waals surface area contributed by atoms with Crippen molar-refractivity contribution in [3.05, 3.63) is 98.5 Å². The van der Waals surface area contributed by atoms with Gasteiger partial charge in [0, 0.05) is 47.0 Å². The summed E-state index contributed by atoms with van der Waals surface area (Å²) in [5.74, 6) is -0.887. The molecule has 0 unspecified atom stereocenters. The van der Waals surface area contributed by atoms with E-state index in [9.17, 15) is 9.18 Å². The number of carbonyl (C=O) groups is 1. The summed E-state index contributed by atoms with van der Waals surface area (Å²) in [6.07, 6.45) is 7.29. The molecular weight excluding hydrogens is 508 g/mol. The van der Waals surface area contributed by atoms with Crippen LogP contribution in [0.2, 0.25) is 15.1 Å². The van der Waals surface area contributed by atoms with Gasteiger partial charge in [-0.3, -0.25) is 9.69 Å². The van der Waals surface area contributed by atoms with Crippen molar-refractivity contribution in [2.24, 2.45) is 0 Å². The smallest absolute Gasteiger partial charge is 0.258 e. The van der Waals surface area contributed by atoms with Crippen LogP contribution in [0.4, 0.5) is 10.1 Å². The third-order valence-corrected chi connectivity index (χ3v) is 7.91. The van der Waals surface area contributed by atoms with Gasteiger partial charge < -0.3 is 4.90 Å². The van der Waals surface area contributed by atoms with Gasteiger partial charge in [0.2, 0.25) is 5.95 Å². The summed E-state index contributed by atoms with van der Waals surface area (Å²) in [7, 11) is 0. The van der Waals surface area contributed by atoms with Crippen LogP contribution in [0.3, 0.4) is 0 Å². The first kappa shape index (κ1) is 24.3. The molecule has 3 aromatic rings. The fraction of sp³-hybridized carbons (Fsp3) is 0.259. The Balaban J connectivity index is 1.31. The van der Waals surface area contributed by atoms with Crippen molar-refractivity contribution in [2.75, 3.05) is 31.1 Å². The Morgan fingerprint density at radius 2 is 1.83 bits per heavy atom. The fourth-order valence-corrected chi connectivity index (χ4v) is 5.54. The SMILES string of the molecule is O=C(c1ccnc(F)c1)N1CC2(CCN(CC=Cc3ccc(Cl)c(Cl)c3)CC2)c2cc(Cl)ccc21. The minimum atomic E-state index is -0.664. The summed E-state index contributed by atoms with van der Waals surface area (Å²) >= 11 is 18.5. The number of hydrogen-bond donors (Lipinski definition) is 0. The molecule has 0 atom stereocenters. The molecule has 2 aliphatic heterocycles. The first-order valence-corrected chi connectivity index (χ1v) is 12.6. The monoisotopic (exact) mass is 529 g/mol. The standard InChI is InChI=1S/C27H23Cl3FN3O/c28-20-4-6-24-21(16-20)27(17-34(24)26(35)19-7-10-32-25(31)15-19)8-12-33(13-9-27)11-1-2-18-3-5-22(29)23(30)14-18/h1-7,10,14-16H,8-9,11-13,17H2. The molecule has 2 aliphatic rings. The van der Waals surface area contributed by atoms with Gasteiger partial charge in [-0.05, 0) is 73.5 Å². The van der Waals surface area contributed by atoms with E-state index < -0.39 is 5.95 Å². The molecule has 0 N–H and O–H groups in total. The Morgan fingerprint density at radius 1 is 1.03 bits per heavy atom. The number of carbonyl (C=O) groups excluding carboxylic acids is 1. The highest BCUT2D eigenvalue weighted by Crippen LogP contribution is 2.48. The van der Waals surface area contributed by atoms with Gasteiger partial charge >= 0.3 is 0 Å². The second-order valence-corrected chi connectivity index (χ2v) is 10.3. The molecule has 1 amide bonds. The van der Waals surface area contributed by atoms with Crippen LogP contribution in [-0.2, 0) is 5.41 Å². The molecule has 2 aromatic carbocycles. The second kappa shape index (κ2) is 9.90. The van der Waals surface area contributed by atoms with Crippen molar-refractivity contribution in [3.63, 3.8) is 0 Å². The topological polar surface area (TPSA) is 36.4 Å².